The summed E-state index contributed by atoms with van der Waals surface area (Å²) >= 11 is 6.08. The molecule has 0 spiro atoms. The van der Waals surface area contributed by atoms with Gasteiger partial charge in [-0.25, -0.2) is 9.48 Å². The van der Waals surface area contributed by atoms with E-state index in [1.807, 2.05) is 19.1 Å². The third-order valence-corrected chi connectivity index (χ3v) is 2.72. The zero-order chi connectivity index (χ0) is 13.1. The largest absolute Gasteiger partial charge is 0.478 e. The van der Waals surface area contributed by atoms with Gasteiger partial charge in [-0.1, -0.05) is 17.7 Å². The zero-order valence-corrected chi connectivity index (χ0v) is 10.4. The number of hydrogen-bond donors (Lipinski definition) is 1. The van der Waals surface area contributed by atoms with Crippen molar-refractivity contribution in [1.29, 1.82) is 0 Å². The van der Waals surface area contributed by atoms with Crippen molar-refractivity contribution in [2.75, 3.05) is 0 Å². The molecule has 0 radical (unpaired) electrons. The molecule has 0 aliphatic heterocycles. The summed E-state index contributed by atoms with van der Waals surface area (Å²) in [5.41, 5.74) is 2.25. The predicted octanol–water partition coefficient (Wildman–Crippen LogP) is 2.93. The van der Waals surface area contributed by atoms with E-state index in [0.29, 0.717) is 10.6 Å². The Morgan fingerprint density at radius 1 is 1.44 bits per heavy atom. The molecule has 1 aromatic heterocycles. The van der Waals surface area contributed by atoms with Crippen LogP contribution in [0.15, 0.2) is 36.5 Å². The van der Waals surface area contributed by atoms with Crippen molar-refractivity contribution in [2.24, 2.45) is 0 Å². The molecule has 0 aliphatic carbocycles. The van der Waals surface area contributed by atoms with Crippen molar-refractivity contribution in [3.63, 3.8) is 0 Å². The first-order chi connectivity index (χ1) is 8.58. The maximum absolute atomic E-state index is 10.6. The number of halogens is 1. The van der Waals surface area contributed by atoms with Crippen LogP contribution in [0.5, 0.6) is 0 Å². The topological polar surface area (TPSA) is 55.1 Å². The molecule has 0 aliphatic rings. The fourth-order valence-corrected chi connectivity index (χ4v) is 1.83. The molecule has 2 aromatic rings. The van der Waals surface area contributed by atoms with Gasteiger partial charge in [0.15, 0.2) is 0 Å². The van der Waals surface area contributed by atoms with Gasteiger partial charge in [-0.2, -0.15) is 5.10 Å². The Kier molecular flexibility index (Phi) is 3.48. The van der Waals surface area contributed by atoms with E-state index in [1.54, 1.807) is 23.0 Å². The molecule has 0 unspecified atom stereocenters. The standard InChI is InChI=1S/C13H11ClN2O2/c1-9-7-8-16(15-9)12-4-2-3-11(14)10(12)5-6-13(17)18/h2-8H,1H3,(H,17,18)/b6-5+. The van der Waals surface area contributed by atoms with Gasteiger partial charge in [0.1, 0.15) is 0 Å². The Bertz CT molecular complexity index is 617. The highest BCUT2D eigenvalue weighted by atomic mass is 35.5. The summed E-state index contributed by atoms with van der Waals surface area (Å²) in [5, 5.41) is 13.4. The lowest BCUT2D eigenvalue weighted by Crippen LogP contribution is -1.99. The molecule has 0 saturated heterocycles. The molecule has 5 heteroatoms. The predicted molar refractivity (Wildman–Crippen MR) is 70.0 cm³/mol. The van der Waals surface area contributed by atoms with Crippen LogP contribution >= 0.6 is 11.6 Å². The minimum Gasteiger partial charge on any atom is -0.478 e. The minimum absolute atomic E-state index is 0.484. The second kappa shape index (κ2) is 5.06. The average molecular weight is 263 g/mol. The highest BCUT2D eigenvalue weighted by Crippen LogP contribution is 2.24. The Morgan fingerprint density at radius 3 is 2.83 bits per heavy atom. The molecular formula is C13H11ClN2O2. The highest BCUT2D eigenvalue weighted by molar-refractivity contribution is 6.32. The van der Waals surface area contributed by atoms with E-state index in [0.717, 1.165) is 17.5 Å². The normalized spacial score (nSPS) is 11.0. The van der Waals surface area contributed by atoms with E-state index in [9.17, 15) is 4.79 Å². The van der Waals surface area contributed by atoms with Crippen LogP contribution in [0.25, 0.3) is 11.8 Å². The molecule has 4 nitrogen and oxygen atoms in total. The van der Waals surface area contributed by atoms with Crippen LogP contribution in [-0.2, 0) is 4.79 Å². The lowest BCUT2D eigenvalue weighted by molar-refractivity contribution is -0.131. The molecule has 0 saturated carbocycles. The second-order valence-electron chi connectivity index (χ2n) is 3.75. The smallest absolute Gasteiger partial charge is 0.328 e. The van der Waals surface area contributed by atoms with Crippen molar-refractivity contribution in [3.05, 3.63) is 52.8 Å². The SMILES string of the molecule is Cc1ccn(-c2cccc(Cl)c2/C=C/C(=O)O)n1. The number of rotatable bonds is 3. The lowest BCUT2D eigenvalue weighted by atomic mass is 10.1. The zero-order valence-electron chi connectivity index (χ0n) is 9.67. The fourth-order valence-electron chi connectivity index (χ4n) is 1.59. The summed E-state index contributed by atoms with van der Waals surface area (Å²) in [7, 11) is 0. The Hall–Kier alpha value is -2.07. The number of benzene rings is 1. The van der Waals surface area contributed by atoms with Gasteiger partial charge in [-0.3, -0.25) is 0 Å². The number of nitrogens with zero attached hydrogens (tertiary/aromatic N) is 2. The molecular weight excluding hydrogens is 252 g/mol. The fraction of sp³-hybridized carbons (Fsp3) is 0.0769. The number of aromatic nitrogens is 2. The summed E-state index contributed by atoms with van der Waals surface area (Å²) in [6.07, 6.45) is 4.33. The maximum Gasteiger partial charge on any atom is 0.328 e. The third kappa shape index (κ3) is 2.60. The average Bonchev–Trinajstić information content (AvgIpc) is 2.73. The minimum atomic E-state index is -1.02. The van der Waals surface area contributed by atoms with Gasteiger partial charge in [-0.15, -0.1) is 0 Å². The van der Waals surface area contributed by atoms with E-state index >= 15 is 0 Å². The van der Waals surface area contributed by atoms with Crippen LogP contribution in [0.1, 0.15) is 11.3 Å². The van der Waals surface area contributed by atoms with Crippen LogP contribution < -0.4 is 0 Å². The van der Waals surface area contributed by atoms with Gasteiger partial charge in [0.25, 0.3) is 0 Å². The quantitative estimate of drug-likeness (QED) is 0.866. The van der Waals surface area contributed by atoms with Gasteiger partial charge in [0.2, 0.25) is 0 Å². The van der Waals surface area contributed by atoms with Crippen molar-refractivity contribution >= 4 is 23.6 Å². The molecule has 0 bridgehead atoms. The van der Waals surface area contributed by atoms with Crippen molar-refractivity contribution in [1.82, 2.24) is 9.78 Å². The number of carboxylic acid groups (broad SMARTS) is 1. The number of carbonyl (C=O) groups is 1. The summed E-state index contributed by atoms with van der Waals surface area (Å²) < 4.78 is 1.67. The van der Waals surface area contributed by atoms with Crippen LogP contribution in [0.2, 0.25) is 5.02 Å². The van der Waals surface area contributed by atoms with Crippen molar-refractivity contribution in [2.45, 2.75) is 6.92 Å². The van der Waals surface area contributed by atoms with Crippen molar-refractivity contribution in [3.8, 4) is 5.69 Å². The van der Waals surface area contributed by atoms with E-state index in [2.05, 4.69) is 5.10 Å². The van der Waals surface area contributed by atoms with Crippen LogP contribution in [0, 0.1) is 6.92 Å². The molecule has 1 aromatic carbocycles. The Morgan fingerprint density at radius 2 is 2.22 bits per heavy atom. The maximum atomic E-state index is 10.6. The van der Waals surface area contributed by atoms with Crippen molar-refractivity contribution < 1.29 is 9.90 Å². The molecule has 0 amide bonds. The summed E-state index contributed by atoms with van der Waals surface area (Å²) in [5.74, 6) is -1.02. The summed E-state index contributed by atoms with van der Waals surface area (Å²) in [6.45, 7) is 1.88. The Labute approximate surface area is 109 Å². The molecule has 1 N–H and O–H groups in total. The number of aliphatic carboxylic acids is 1. The molecule has 18 heavy (non-hydrogen) atoms. The summed E-state index contributed by atoms with van der Waals surface area (Å²) in [6, 6.07) is 7.21. The van der Waals surface area contributed by atoms with E-state index in [1.165, 1.54) is 6.08 Å². The highest BCUT2D eigenvalue weighted by Gasteiger charge is 2.07. The van der Waals surface area contributed by atoms with Gasteiger partial charge in [0.05, 0.1) is 11.4 Å². The summed E-state index contributed by atoms with van der Waals surface area (Å²) in [4.78, 5) is 10.6. The van der Waals surface area contributed by atoms with Gasteiger partial charge >= 0.3 is 5.97 Å². The van der Waals surface area contributed by atoms with Gasteiger partial charge < -0.3 is 5.11 Å². The molecule has 1 heterocycles. The van der Waals surface area contributed by atoms with Crippen LogP contribution in [0.3, 0.4) is 0 Å². The second-order valence-corrected chi connectivity index (χ2v) is 4.15. The van der Waals surface area contributed by atoms with Gasteiger partial charge in [0, 0.05) is 22.9 Å². The van der Waals surface area contributed by atoms with E-state index < -0.39 is 5.97 Å². The first-order valence-corrected chi connectivity index (χ1v) is 5.68. The molecule has 0 atom stereocenters. The van der Waals surface area contributed by atoms with E-state index in [4.69, 9.17) is 16.7 Å². The number of carboxylic acids is 1. The molecule has 92 valence electrons. The van der Waals surface area contributed by atoms with Crippen LogP contribution in [-0.4, -0.2) is 20.9 Å². The Balaban J connectivity index is 2.54. The monoisotopic (exact) mass is 262 g/mol. The lowest BCUT2D eigenvalue weighted by Gasteiger charge is -2.07. The first-order valence-electron chi connectivity index (χ1n) is 5.30. The number of aryl methyl sites for hydroxylation is 1. The molecule has 2 rings (SSSR count). The number of hydrogen-bond acceptors (Lipinski definition) is 2. The van der Waals surface area contributed by atoms with Gasteiger partial charge in [-0.05, 0) is 31.2 Å². The first kappa shape index (κ1) is 12.4. The van der Waals surface area contributed by atoms with E-state index in [-0.39, 0.29) is 0 Å². The third-order valence-electron chi connectivity index (χ3n) is 2.39. The molecule has 0 fully saturated rings. The van der Waals surface area contributed by atoms with Crippen LogP contribution in [0.4, 0.5) is 0 Å².